The van der Waals surface area contributed by atoms with Crippen LogP contribution in [0.2, 0.25) is 0 Å². The van der Waals surface area contributed by atoms with Crippen LogP contribution in [0.25, 0.3) is 0 Å². The first-order chi connectivity index (χ1) is 8.63. The van der Waals surface area contributed by atoms with E-state index in [4.69, 9.17) is 4.74 Å². The zero-order valence-electron chi connectivity index (χ0n) is 10.3. The van der Waals surface area contributed by atoms with Crippen molar-refractivity contribution in [3.8, 4) is 0 Å². The van der Waals surface area contributed by atoms with Crippen LogP contribution in [-0.4, -0.2) is 33.9 Å². The second-order valence-corrected chi connectivity index (χ2v) is 6.31. The fraction of sp³-hybridized carbons (Fsp3) is 0.500. The molecule has 1 unspecified atom stereocenters. The molecule has 1 aliphatic heterocycles. The summed E-state index contributed by atoms with van der Waals surface area (Å²) in [6.07, 6.45) is 0.655. The molecule has 0 saturated carbocycles. The third kappa shape index (κ3) is 3.01. The first-order valence-electron chi connectivity index (χ1n) is 5.92. The number of sulfonamides is 1. The second-order valence-electron chi connectivity index (χ2n) is 4.35. The number of nitrogens with one attached hydrogen (secondary N) is 2. The molecule has 100 valence electrons. The van der Waals surface area contributed by atoms with E-state index in [-0.39, 0.29) is 5.25 Å². The smallest absolute Gasteiger partial charge is 0.236 e. The lowest BCUT2D eigenvalue weighted by molar-refractivity contribution is 0.185. The molecule has 1 saturated heterocycles. The molecule has 1 heterocycles. The Hall–Kier alpha value is -1.11. The maximum absolute atomic E-state index is 12.2. The zero-order valence-corrected chi connectivity index (χ0v) is 11.2. The molecule has 1 atom stereocenters. The number of ether oxygens (including phenoxy) is 1. The summed E-state index contributed by atoms with van der Waals surface area (Å²) in [5, 5.41) is 2.71. The first kappa shape index (κ1) is 13.3. The van der Waals surface area contributed by atoms with Gasteiger partial charge in [-0.15, -0.1) is 0 Å². The summed E-state index contributed by atoms with van der Waals surface area (Å²) in [4.78, 5) is 0. The fourth-order valence-electron chi connectivity index (χ4n) is 2.03. The van der Waals surface area contributed by atoms with Crippen molar-refractivity contribution in [1.29, 1.82) is 0 Å². The third-order valence-corrected chi connectivity index (χ3v) is 4.81. The number of para-hydroxylation sites is 1. The van der Waals surface area contributed by atoms with Crippen molar-refractivity contribution in [2.24, 2.45) is 0 Å². The van der Waals surface area contributed by atoms with Crippen molar-refractivity contribution in [2.45, 2.75) is 18.3 Å². The Kier molecular flexibility index (Phi) is 4.21. The van der Waals surface area contributed by atoms with Gasteiger partial charge in [0.1, 0.15) is 0 Å². The van der Waals surface area contributed by atoms with Gasteiger partial charge in [0.2, 0.25) is 10.0 Å². The summed E-state index contributed by atoms with van der Waals surface area (Å²) in [5.41, 5.74) is 1.45. The van der Waals surface area contributed by atoms with Gasteiger partial charge in [-0.3, -0.25) is 4.72 Å². The van der Waals surface area contributed by atoms with Crippen molar-refractivity contribution in [2.75, 3.05) is 24.9 Å². The predicted octanol–water partition coefficient (Wildman–Crippen LogP) is 0.937. The van der Waals surface area contributed by atoms with Crippen molar-refractivity contribution in [3.05, 3.63) is 29.8 Å². The number of methoxy groups -OCH3 is 1. The summed E-state index contributed by atoms with van der Waals surface area (Å²) in [5.74, 6) is 0. The molecule has 0 amide bonds. The van der Waals surface area contributed by atoms with Gasteiger partial charge in [0.25, 0.3) is 0 Å². The maximum Gasteiger partial charge on any atom is 0.236 e. The Morgan fingerprint density at radius 2 is 2.22 bits per heavy atom. The Labute approximate surface area is 108 Å². The highest BCUT2D eigenvalue weighted by Crippen LogP contribution is 2.20. The highest BCUT2D eigenvalue weighted by molar-refractivity contribution is 7.93. The van der Waals surface area contributed by atoms with Crippen molar-refractivity contribution in [1.82, 2.24) is 5.32 Å². The second kappa shape index (κ2) is 5.69. The molecule has 18 heavy (non-hydrogen) atoms. The average Bonchev–Trinajstić information content (AvgIpc) is 2.86. The minimum absolute atomic E-state index is 0.354. The molecule has 1 aliphatic rings. The Morgan fingerprint density at radius 1 is 1.44 bits per heavy atom. The van der Waals surface area contributed by atoms with Crippen LogP contribution in [0, 0.1) is 0 Å². The standard InChI is InChI=1S/C12H18N2O3S/c1-17-9-10-4-2-3-5-12(10)14-18(15,16)11-6-7-13-8-11/h2-5,11,13-14H,6-9H2,1H3. The number of hydrogen-bond acceptors (Lipinski definition) is 4. The largest absolute Gasteiger partial charge is 0.380 e. The number of benzene rings is 1. The number of hydrogen-bond donors (Lipinski definition) is 2. The summed E-state index contributed by atoms with van der Waals surface area (Å²) >= 11 is 0. The van der Waals surface area contributed by atoms with Crippen molar-refractivity contribution >= 4 is 15.7 Å². The molecule has 1 fully saturated rings. The van der Waals surface area contributed by atoms with Crippen LogP contribution in [0.5, 0.6) is 0 Å². The molecule has 0 aliphatic carbocycles. The highest BCUT2D eigenvalue weighted by Gasteiger charge is 2.28. The molecule has 2 N–H and O–H groups in total. The molecule has 0 spiro atoms. The lowest BCUT2D eigenvalue weighted by atomic mass is 10.2. The molecule has 1 aromatic carbocycles. The van der Waals surface area contributed by atoms with Crippen LogP contribution in [0.4, 0.5) is 5.69 Å². The predicted molar refractivity (Wildman–Crippen MR) is 71.0 cm³/mol. The van der Waals surface area contributed by atoms with Crippen LogP contribution in [-0.2, 0) is 21.4 Å². The van der Waals surface area contributed by atoms with Gasteiger partial charge in [-0.25, -0.2) is 8.42 Å². The Balaban J connectivity index is 2.17. The van der Waals surface area contributed by atoms with Gasteiger partial charge in [-0.2, -0.15) is 0 Å². The van der Waals surface area contributed by atoms with Crippen LogP contribution in [0.15, 0.2) is 24.3 Å². The Bertz CT molecular complexity index is 496. The summed E-state index contributed by atoms with van der Waals surface area (Å²) in [6.45, 7) is 1.66. The van der Waals surface area contributed by atoms with Gasteiger partial charge in [0, 0.05) is 19.2 Å². The molecule has 0 aromatic heterocycles. The van der Waals surface area contributed by atoms with E-state index in [2.05, 4.69) is 10.0 Å². The van der Waals surface area contributed by atoms with E-state index in [0.717, 1.165) is 12.1 Å². The fourth-order valence-corrected chi connectivity index (χ4v) is 3.47. The van der Waals surface area contributed by atoms with Gasteiger partial charge in [0.05, 0.1) is 17.5 Å². The minimum atomic E-state index is -3.32. The van der Waals surface area contributed by atoms with E-state index in [9.17, 15) is 8.42 Å². The molecule has 2 rings (SSSR count). The van der Waals surface area contributed by atoms with E-state index in [0.29, 0.717) is 25.3 Å². The summed E-state index contributed by atoms with van der Waals surface area (Å²) in [6, 6.07) is 7.29. The van der Waals surface area contributed by atoms with E-state index in [1.54, 1.807) is 13.2 Å². The monoisotopic (exact) mass is 270 g/mol. The topological polar surface area (TPSA) is 67.4 Å². The van der Waals surface area contributed by atoms with E-state index < -0.39 is 10.0 Å². The highest BCUT2D eigenvalue weighted by atomic mass is 32.2. The minimum Gasteiger partial charge on any atom is -0.380 e. The normalized spacial score (nSPS) is 19.9. The SMILES string of the molecule is COCc1ccccc1NS(=O)(=O)C1CCNC1. The number of anilines is 1. The summed E-state index contributed by atoms with van der Waals surface area (Å²) in [7, 11) is -1.73. The van der Waals surface area contributed by atoms with Gasteiger partial charge in [-0.1, -0.05) is 18.2 Å². The van der Waals surface area contributed by atoms with Gasteiger partial charge in [-0.05, 0) is 19.0 Å². The van der Waals surface area contributed by atoms with Crippen molar-refractivity contribution < 1.29 is 13.2 Å². The van der Waals surface area contributed by atoms with E-state index >= 15 is 0 Å². The van der Waals surface area contributed by atoms with Crippen LogP contribution < -0.4 is 10.0 Å². The molecule has 1 aromatic rings. The maximum atomic E-state index is 12.2. The molecule has 6 heteroatoms. The Morgan fingerprint density at radius 3 is 2.89 bits per heavy atom. The van der Waals surface area contributed by atoms with Crippen LogP contribution >= 0.6 is 0 Å². The molecule has 5 nitrogen and oxygen atoms in total. The molecular weight excluding hydrogens is 252 g/mol. The third-order valence-electron chi connectivity index (χ3n) is 3.02. The first-order valence-corrected chi connectivity index (χ1v) is 7.47. The molecule has 0 bridgehead atoms. The number of rotatable bonds is 5. The van der Waals surface area contributed by atoms with Crippen molar-refractivity contribution in [3.63, 3.8) is 0 Å². The van der Waals surface area contributed by atoms with Gasteiger partial charge < -0.3 is 10.1 Å². The molecule has 0 radical (unpaired) electrons. The quantitative estimate of drug-likeness (QED) is 0.835. The van der Waals surface area contributed by atoms with Crippen LogP contribution in [0.1, 0.15) is 12.0 Å². The van der Waals surface area contributed by atoms with E-state index in [1.807, 2.05) is 18.2 Å². The lowest BCUT2D eigenvalue weighted by Gasteiger charge is -2.15. The zero-order chi connectivity index (χ0) is 13.0. The van der Waals surface area contributed by atoms with E-state index in [1.165, 1.54) is 0 Å². The van der Waals surface area contributed by atoms with Crippen LogP contribution in [0.3, 0.4) is 0 Å². The van der Waals surface area contributed by atoms with Gasteiger partial charge >= 0.3 is 0 Å². The molecular formula is C12H18N2O3S. The summed E-state index contributed by atoms with van der Waals surface area (Å²) < 4.78 is 32.1. The lowest BCUT2D eigenvalue weighted by Crippen LogP contribution is -2.30. The average molecular weight is 270 g/mol. The van der Waals surface area contributed by atoms with Gasteiger partial charge in [0.15, 0.2) is 0 Å².